The van der Waals surface area contributed by atoms with Crippen molar-refractivity contribution in [1.29, 1.82) is 0 Å². The molecule has 0 aliphatic carbocycles. The van der Waals surface area contributed by atoms with Crippen molar-refractivity contribution in [2.24, 2.45) is 0 Å². The van der Waals surface area contributed by atoms with Crippen LogP contribution in [0.4, 0.5) is 0 Å². The Morgan fingerprint density at radius 1 is 1.38 bits per heavy atom. The standard InChI is InChI=1S/C17H21N3O3S/c1-3-5-13-6-8-14(9-7-13)23-11-15-18-19-17(20(15)10-4-2)24-12-16(21)22/h4,6-9H,2-3,5,10-12H2,1H3,(H,21,22). The van der Waals surface area contributed by atoms with E-state index in [1.807, 2.05) is 16.7 Å². The van der Waals surface area contributed by atoms with Crippen LogP contribution in [0, 0.1) is 0 Å². The predicted molar refractivity (Wildman–Crippen MR) is 93.3 cm³/mol. The molecule has 128 valence electrons. The molecule has 0 fully saturated rings. The Bertz CT molecular complexity index is 683. The fourth-order valence-electron chi connectivity index (χ4n) is 2.16. The molecule has 0 aliphatic rings. The van der Waals surface area contributed by atoms with E-state index in [9.17, 15) is 4.79 Å². The lowest BCUT2D eigenvalue weighted by atomic mass is 10.1. The van der Waals surface area contributed by atoms with E-state index in [2.05, 4.69) is 35.8 Å². The van der Waals surface area contributed by atoms with Gasteiger partial charge in [-0.15, -0.1) is 16.8 Å². The number of allylic oxidation sites excluding steroid dienone is 1. The van der Waals surface area contributed by atoms with Crippen LogP contribution in [0.15, 0.2) is 42.1 Å². The molecule has 1 heterocycles. The number of carbonyl (C=O) groups is 1. The number of hydrogen-bond donors (Lipinski definition) is 1. The maximum Gasteiger partial charge on any atom is 0.313 e. The molecule has 0 aliphatic heterocycles. The van der Waals surface area contributed by atoms with Gasteiger partial charge in [0.25, 0.3) is 0 Å². The van der Waals surface area contributed by atoms with Crippen LogP contribution in [-0.4, -0.2) is 31.6 Å². The summed E-state index contributed by atoms with van der Waals surface area (Å²) in [6.45, 7) is 6.63. The molecule has 1 aromatic carbocycles. The van der Waals surface area contributed by atoms with Gasteiger partial charge in [0.2, 0.25) is 0 Å². The summed E-state index contributed by atoms with van der Waals surface area (Å²) in [6, 6.07) is 8.00. The number of aromatic nitrogens is 3. The highest BCUT2D eigenvalue weighted by Crippen LogP contribution is 2.19. The first kappa shape index (κ1) is 18.1. The zero-order valence-electron chi connectivity index (χ0n) is 13.6. The van der Waals surface area contributed by atoms with Gasteiger partial charge < -0.3 is 9.84 Å². The second-order valence-electron chi connectivity index (χ2n) is 5.16. The molecule has 1 N–H and O–H groups in total. The van der Waals surface area contributed by atoms with Crippen LogP contribution in [0.3, 0.4) is 0 Å². The predicted octanol–water partition coefficient (Wildman–Crippen LogP) is 3.17. The van der Waals surface area contributed by atoms with Crippen molar-refractivity contribution in [2.45, 2.75) is 38.1 Å². The number of carboxylic acids is 1. The fraction of sp³-hybridized carbons (Fsp3) is 0.353. The number of carboxylic acid groups (broad SMARTS) is 1. The zero-order valence-corrected chi connectivity index (χ0v) is 14.5. The number of aryl methyl sites for hydroxylation is 1. The van der Waals surface area contributed by atoms with Crippen molar-refractivity contribution in [3.8, 4) is 5.75 Å². The number of aliphatic carboxylic acids is 1. The molecule has 24 heavy (non-hydrogen) atoms. The summed E-state index contributed by atoms with van der Waals surface area (Å²) in [5.74, 6) is 0.455. The summed E-state index contributed by atoms with van der Waals surface area (Å²) in [7, 11) is 0. The molecule has 0 amide bonds. The van der Waals surface area contributed by atoms with Gasteiger partial charge in [-0.05, 0) is 24.1 Å². The van der Waals surface area contributed by atoms with Crippen molar-refractivity contribution in [3.05, 3.63) is 48.3 Å². The highest BCUT2D eigenvalue weighted by Gasteiger charge is 2.13. The Kier molecular flexibility index (Phi) is 6.87. The molecule has 0 radical (unpaired) electrons. The molecule has 0 saturated heterocycles. The average Bonchev–Trinajstić information content (AvgIpc) is 2.95. The Balaban J connectivity index is 2.02. The van der Waals surface area contributed by atoms with E-state index in [-0.39, 0.29) is 12.4 Å². The van der Waals surface area contributed by atoms with Gasteiger partial charge in [0, 0.05) is 6.54 Å². The quantitative estimate of drug-likeness (QED) is 0.525. The van der Waals surface area contributed by atoms with E-state index in [0.717, 1.165) is 30.4 Å². The van der Waals surface area contributed by atoms with Gasteiger partial charge in [0.1, 0.15) is 12.4 Å². The van der Waals surface area contributed by atoms with E-state index < -0.39 is 5.97 Å². The maximum absolute atomic E-state index is 10.7. The molecule has 0 saturated carbocycles. The molecule has 2 aromatic rings. The molecule has 7 heteroatoms. The van der Waals surface area contributed by atoms with E-state index in [1.54, 1.807) is 6.08 Å². The Morgan fingerprint density at radius 2 is 2.12 bits per heavy atom. The Morgan fingerprint density at radius 3 is 2.75 bits per heavy atom. The SMILES string of the molecule is C=CCn1c(COc2ccc(CCC)cc2)nnc1SCC(=O)O. The average molecular weight is 347 g/mol. The van der Waals surface area contributed by atoms with Gasteiger partial charge in [-0.3, -0.25) is 9.36 Å². The van der Waals surface area contributed by atoms with E-state index in [1.165, 1.54) is 5.56 Å². The second-order valence-corrected chi connectivity index (χ2v) is 6.11. The summed E-state index contributed by atoms with van der Waals surface area (Å²) in [4.78, 5) is 10.7. The minimum atomic E-state index is -0.891. The topological polar surface area (TPSA) is 77.2 Å². The first-order valence-electron chi connectivity index (χ1n) is 7.73. The first-order chi connectivity index (χ1) is 11.6. The molecular weight excluding hydrogens is 326 g/mol. The highest BCUT2D eigenvalue weighted by molar-refractivity contribution is 7.99. The van der Waals surface area contributed by atoms with E-state index in [0.29, 0.717) is 17.5 Å². The second kappa shape index (κ2) is 9.12. The van der Waals surface area contributed by atoms with Gasteiger partial charge >= 0.3 is 5.97 Å². The smallest absolute Gasteiger partial charge is 0.313 e. The van der Waals surface area contributed by atoms with E-state index in [4.69, 9.17) is 9.84 Å². The normalized spacial score (nSPS) is 10.5. The van der Waals surface area contributed by atoms with Gasteiger partial charge in [0.15, 0.2) is 11.0 Å². The van der Waals surface area contributed by atoms with Crippen LogP contribution in [0.25, 0.3) is 0 Å². The fourth-order valence-corrected chi connectivity index (χ4v) is 2.85. The van der Waals surface area contributed by atoms with E-state index >= 15 is 0 Å². The van der Waals surface area contributed by atoms with Gasteiger partial charge in [0.05, 0.1) is 5.75 Å². The number of nitrogens with zero attached hydrogens (tertiary/aromatic N) is 3. The summed E-state index contributed by atoms with van der Waals surface area (Å²) in [6.07, 6.45) is 3.89. The van der Waals surface area contributed by atoms with Crippen molar-refractivity contribution >= 4 is 17.7 Å². The van der Waals surface area contributed by atoms with Crippen LogP contribution in [0.2, 0.25) is 0 Å². The number of benzene rings is 1. The lowest BCUT2D eigenvalue weighted by molar-refractivity contribution is -0.133. The third kappa shape index (κ3) is 5.13. The van der Waals surface area contributed by atoms with Crippen LogP contribution >= 0.6 is 11.8 Å². The van der Waals surface area contributed by atoms with Crippen molar-refractivity contribution in [1.82, 2.24) is 14.8 Å². The number of ether oxygens (including phenoxy) is 1. The Labute approximate surface area is 145 Å². The molecule has 2 rings (SSSR count). The molecule has 0 atom stereocenters. The van der Waals surface area contributed by atoms with Crippen LogP contribution in [0.5, 0.6) is 5.75 Å². The summed E-state index contributed by atoms with van der Waals surface area (Å²) in [5.41, 5.74) is 1.28. The van der Waals surface area contributed by atoms with Crippen molar-refractivity contribution in [2.75, 3.05) is 5.75 Å². The third-order valence-corrected chi connectivity index (χ3v) is 4.21. The van der Waals surface area contributed by atoms with Gasteiger partial charge in [-0.1, -0.05) is 43.3 Å². The van der Waals surface area contributed by atoms with Crippen LogP contribution in [0.1, 0.15) is 24.7 Å². The Hall–Kier alpha value is -2.28. The molecular formula is C17H21N3O3S. The molecule has 1 aromatic heterocycles. The number of rotatable bonds is 10. The van der Waals surface area contributed by atoms with Gasteiger partial charge in [-0.25, -0.2) is 0 Å². The monoisotopic (exact) mass is 347 g/mol. The molecule has 0 unspecified atom stereocenters. The summed E-state index contributed by atoms with van der Waals surface area (Å²) < 4.78 is 7.58. The maximum atomic E-state index is 10.7. The third-order valence-electron chi connectivity index (χ3n) is 3.26. The largest absolute Gasteiger partial charge is 0.486 e. The molecule has 0 bridgehead atoms. The summed E-state index contributed by atoms with van der Waals surface area (Å²) >= 11 is 1.13. The van der Waals surface area contributed by atoms with Crippen molar-refractivity contribution in [3.63, 3.8) is 0 Å². The minimum Gasteiger partial charge on any atom is -0.486 e. The van der Waals surface area contributed by atoms with Crippen LogP contribution in [-0.2, 0) is 24.4 Å². The minimum absolute atomic E-state index is 0.0605. The number of hydrogen-bond acceptors (Lipinski definition) is 5. The first-order valence-corrected chi connectivity index (χ1v) is 8.72. The van der Waals surface area contributed by atoms with Crippen molar-refractivity contribution < 1.29 is 14.6 Å². The van der Waals surface area contributed by atoms with Gasteiger partial charge in [-0.2, -0.15) is 0 Å². The highest BCUT2D eigenvalue weighted by atomic mass is 32.2. The molecule has 6 nitrogen and oxygen atoms in total. The lowest BCUT2D eigenvalue weighted by Crippen LogP contribution is -2.08. The number of thioether (sulfide) groups is 1. The zero-order chi connectivity index (χ0) is 17.4. The molecule has 0 spiro atoms. The lowest BCUT2D eigenvalue weighted by Gasteiger charge is -2.09. The van der Waals surface area contributed by atoms with Crippen LogP contribution < -0.4 is 4.74 Å². The summed E-state index contributed by atoms with van der Waals surface area (Å²) in [5, 5.41) is 17.5.